The van der Waals surface area contributed by atoms with Crippen molar-refractivity contribution in [2.45, 2.75) is 31.7 Å². The summed E-state index contributed by atoms with van der Waals surface area (Å²) in [6, 6.07) is 23.0. The lowest BCUT2D eigenvalue weighted by atomic mass is 9.78. The summed E-state index contributed by atoms with van der Waals surface area (Å²) < 4.78 is 5.87. The third-order valence-electron chi connectivity index (χ3n) is 6.85. The van der Waals surface area contributed by atoms with E-state index in [-0.39, 0.29) is 17.1 Å². The normalized spacial score (nSPS) is 19.6. The van der Waals surface area contributed by atoms with E-state index in [0.717, 1.165) is 28.2 Å². The fraction of sp³-hybridized carbons (Fsp3) is 0.172. The Morgan fingerprint density at radius 1 is 0.882 bits per heavy atom. The molecule has 2 heterocycles. The van der Waals surface area contributed by atoms with Crippen LogP contribution < -0.4 is 16.1 Å². The second-order valence-electron chi connectivity index (χ2n) is 9.10. The van der Waals surface area contributed by atoms with Crippen LogP contribution in [0.25, 0.3) is 11.0 Å². The number of rotatable bonds is 2. The second kappa shape index (κ2) is 8.03. The number of aryl methyl sites for hydroxylation is 1. The Morgan fingerprint density at radius 2 is 1.65 bits per heavy atom. The molecule has 0 bridgehead atoms. The third kappa shape index (κ3) is 3.41. The number of carbonyl (C=O) groups is 1. The van der Waals surface area contributed by atoms with Gasteiger partial charge in [-0.3, -0.25) is 9.59 Å². The van der Waals surface area contributed by atoms with Gasteiger partial charge in [-0.25, -0.2) is 0 Å². The van der Waals surface area contributed by atoms with Gasteiger partial charge in [-0.1, -0.05) is 54.1 Å². The molecule has 1 aromatic heterocycles. The number of carbonyl (C=O) groups excluding carboxylic acids is 1. The molecular formula is C29H24N2O3. The predicted molar refractivity (Wildman–Crippen MR) is 134 cm³/mol. The number of benzene rings is 3. The van der Waals surface area contributed by atoms with E-state index in [0.29, 0.717) is 34.9 Å². The fourth-order valence-electron chi connectivity index (χ4n) is 5.15. The van der Waals surface area contributed by atoms with E-state index in [2.05, 4.69) is 22.8 Å². The molecule has 0 saturated heterocycles. The Hall–Kier alpha value is -4.12. The van der Waals surface area contributed by atoms with Crippen LogP contribution in [0.2, 0.25) is 0 Å². The molecule has 5 nitrogen and oxygen atoms in total. The lowest BCUT2D eigenvalue weighted by molar-refractivity contribution is -0.116. The largest absolute Gasteiger partial charge is 0.464 e. The maximum Gasteiger partial charge on any atom is 0.198 e. The van der Waals surface area contributed by atoms with Crippen molar-refractivity contribution >= 4 is 28.1 Å². The van der Waals surface area contributed by atoms with Crippen LogP contribution in [0.3, 0.4) is 0 Å². The van der Waals surface area contributed by atoms with Crippen LogP contribution in [-0.4, -0.2) is 5.78 Å². The first-order chi connectivity index (χ1) is 16.6. The van der Waals surface area contributed by atoms with Gasteiger partial charge in [0.1, 0.15) is 11.8 Å². The number of anilines is 2. The number of hydrogen-bond acceptors (Lipinski definition) is 5. The van der Waals surface area contributed by atoms with Crippen molar-refractivity contribution in [3.05, 3.63) is 117 Å². The van der Waals surface area contributed by atoms with Crippen molar-refractivity contribution in [1.82, 2.24) is 0 Å². The quantitative estimate of drug-likeness (QED) is 0.389. The molecule has 3 aromatic carbocycles. The molecule has 1 aliphatic carbocycles. The van der Waals surface area contributed by atoms with Gasteiger partial charge in [-0.2, -0.15) is 0 Å². The van der Waals surface area contributed by atoms with Crippen molar-refractivity contribution in [2.24, 2.45) is 0 Å². The van der Waals surface area contributed by atoms with Crippen molar-refractivity contribution in [1.29, 1.82) is 0 Å². The Morgan fingerprint density at radius 3 is 2.47 bits per heavy atom. The minimum absolute atomic E-state index is 0.0386. The van der Waals surface area contributed by atoms with Crippen LogP contribution in [0.5, 0.6) is 0 Å². The molecule has 2 atom stereocenters. The van der Waals surface area contributed by atoms with Gasteiger partial charge in [0.15, 0.2) is 11.2 Å². The van der Waals surface area contributed by atoms with Crippen LogP contribution in [0.4, 0.5) is 11.4 Å². The van der Waals surface area contributed by atoms with Gasteiger partial charge in [-0.15, -0.1) is 0 Å². The summed E-state index contributed by atoms with van der Waals surface area (Å²) in [7, 11) is 0. The van der Waals surface area contributed by atoms with Gasteiger partial charge in [-0.05, 0) is 49.1 Å². The molecule has 0 unspecified atom stereocenters. The first-order valence-electron chi connectivity index (χ1n) is 11.5. The molecule has 0 amide bonds. The van der Waals surface area contributed by atoms with Gasteiger partial charge in [0.25, 0.3) is 0 Å². The van der Waals surface area contributed by atoms with Crippen LogP contribution in [0, 0.1) is 6.92 Å². The maximum absolute atomic E-state index is 13.7. The van der Waals surface area contributed by atoms with Crippen molar-refractivity contribution in [3.8, 4) is 0 Å². The SMILES string of the molecule is Cc1ccc2occ([C@@H]3Nc4ccccc4NC4=C3C(=O)C[C@H](c3ccccc3)C4)c(=O)c2c1. The highest BCUT2D eigenvalue weighted by molar-refractivity contribution is 6.01. The Labute approximate surface area is 197 Å². The molecule has 0 spiro atoms. The molecule has 1 aliphatic heterocycles. The van der Waals surface area contributed by atoms with Crippen LogP contribution >= 0.6 is 0 Å². The summed E-state index contributed by atoms with van der Waals surface area (Å²) in [4.78, 5) is 27.3. The van der Waals surface area contributed by atoms with Gasteiger partial charge in [0, 0.05) is 17.7 Å². The zero-order valence-electron chi connectivity index (χ0n) is 18.8. The predicted octanol–water partition coefficient (Wildman–Crippen LogP) is 6.08. The zero-order chi connectivity index (χ0) is 23.2. The van der Waals surface area contributed by atoms with Gasteiger partial charge >= 0.3 is 0 Å². The molecule has 2 N–H and O–H groups in total. The van der Waals surface area contributed by atoms with E-state index in [9.17, 15) is 9.59 Å². The average molecular weight is 449 g/mol. The molecule has 168 valence electrons. The molecule has 0 fully saturated rings. The molecule has 2 aliphatic rings. The number of Topliss-reactive ketones (excluding diaryl/α,β-unsaturated/α-hetero) is 1. The summed E-state index contributed by atoms with van der Waals surface area (Å²) in [5, 5.41) is 7.52. The number of para-hydroxylation sites is 2. The Balaban J connectivity index is 1.53. The molecular weight excluding hydrogens is 424 g/mol. The lowest BCUT2D eigenvalue weighted by Crippen LogP contribution is -2.29. The van der Waals surface area contributed by atoms with E-state index in [1.807, 2.05) is 67.6 Å². The van der Waals surface area contributed by atoms with E-state index in [1.54, 1.807) is 0 Å². The molecule has 6 rings (SSSR count). The Bertz CT molecular complexity index is 1520. The van der Waals surface area contributed by atoms with E-state index >= 15 is 0 Å². The molecule has 5 heteroatoms. The zero-order valence-corrected chi connectivity index (χ0v) is 18.8. The topological polar surface area (TPSA) is 71.3 Å². The molecule has 0 saturated carbocycles. The van der Waals surface area contributed by atoms with E-state index < -0.39 is 6.04 Å². The standard InChI is InChI=1S/C29H24N2O3/c1-17-11-12-26-20(13-17)29(33)21(16-34-26)28-27-24(30-22-9-5-6-10-23(22)31-28)14-19(15-25(27)32)18-7-3-2-4-8-18/h2-13,16,19,28,30-31H,14-15H2,1H3/t19-,28+/m1/s1. The summed E-state index contributed by atoms with van der Waals surface area (Å²) in [5.41, 5.74) is 6.19. The van der Waals surface area contributed by atoms with E-state index in [1.165, 1.54) is 6.26 Å². The Kier molecular flexibility index (Phi) is 4.84. The van der Waals surface area contributed by atoms with Crippen molar-refractivity contribution < 1.29 is 9.21 Å². The van der Waals surface area contributed by atoms with Crippen molar-refractivity contribution in [3.63, 3.8) is 0 Å². The van der Waals surface area contributed by atoms with Gasteiger partial charge < -0.3 is 15.1 Å². The van der Waals surface area contributed by atoms with Gasteiger partial charge in [0.2, 0.25) is 0 Å². The van der Waals surface area contributed by atoms with Crippen molar-refractivity contribution in [2.75, 3.05) is 10.6 Å². The first-order valence-corrected chi connectivity index (χ1v) is 11.5. The molecule has 34 heavy (non-hydrogen) atoms. The van der Waals surface area contributed by atoms with Crippen LogP contribution in [0.1, 0.15) is 41.5 Å². The number of hydrogen-bond donors (Lipinski definition) is 2. The minimum Gasteiger partial charge on any atom is -0.464 e. The fourth-order valence-corrected chi connectivity index (χ4v) is 5.15. The summed E-state index contributed by atoms with van der Waals surface area (Å²) in [6.07, 6.45) is 2.60. The number of allylic oxidation sites excluding steroid dienone is 1. The highest BCUT2D eigenvalue weighted by atomic mass is 16.3. The number of fused-ring (bicyclic) bond motifs is 2. The van der Waals surface area contributed by atoms with Gasteiger partial charge in [0.05, 0.1) is 28.4 Å². The monoisotopic (exact) mass is 448 g/mol. The first kappa shape index (κ1) is 20.5. The highest BCUT2D eigenvalue weighted by Gasteiger charge is 2.37. The molecule has 4 aromatic rings. The summed E-state index contributed by atoms with van der Waals surface area (Å²) in [5.74, 6) is 0.123. The highest BCUT2D eigenvalue weighted by Crippen LogP contribution is 2.43. The number of ketones is 1. The van der Waals surface area contributed by atoms with Crippen LogP contribution in [-0.2, 0) is 4.79 Å². The van der Waals surface area contributed by atoms with Crippen LogP contribution in [0.15, 0.2) is 99.5 Å². The average Bonchev–Trinajstić information content (AvgIpc) is 3.02. The second-order valence-corrected chi connectivity index (χ2v) is 9.10. The molecule has 0 radical (unpaired) electrons. The summed E-state index contributed by atoms with van der Waals surface area (Å²) in [6.45, 7) is 1.95. The lowest BCUT2D eigenvalue weighted by Gasteiger charge is -2.29. The smallest absolute Gasteiger partial charge is 0.198 e. The third-order valence-corrected chi connectivity index (χ3v) is 6.85. The summed E-state index contributed by atoms with van der Waals surface area (Å²) >= 11 is 0. The minimum atomic E-state index is -0.600. The number of nitrogens with one attached hydrogen (secondary N) is 2. The van der Waals surface area contributed by atoms with E-state index in [4.69, 9.17) is 4.42 Å². The maximum atomic E-state index is 13.7.